The van der Waals surface area contributed by atoms with Crippen LogP contribution in [0.1, 0.15) is 42.1 Å². The molecule has 0 heterocycles. The predicted molar refractivity (Wildman–Crippen MR) is 115 cm³/mol. The molecule has 0 aliphatic heterocycles. The van der Waals surface area contributed by atoms with Crippen molar-refractivity contribution in [3.05, 3.63) is 77.9 Å². The third-order valence-electron chi connectivity index (χ3n) is 4.88. The zero-order valence-corrected chi connectivity index (χ0v) is 17.3. The summed E-state index contributed by atoms with van der Waals surface area (Å²) in [5, 5.41) is 1.87. The van der Waals surface area contributed by atoms with Crippen LogP contribution in [0.5, 0.6) is 5.75 Å². The average Bonchev–Trinajstić information content (AvgIpc) is 2.77. The van der Waals surface area contributed by atoms with Gasteiger partial charge in [-0.2, -0.15) is 0 Å². The molecule has 0 saturated heterocycles. The smallest absolute Gasteiger partial charge is 0.340 e. The first-order valence-corrected chi connectivity index (χ1v) is 10.0. The van der Waals surface area contributed by atoms with Gasteiger partial charge in [0, 0.05) is 18.9 Å². The lowest BCUT2D eigenvalue weighted by Crippen LogP contribution is -2.25. The van der Waals surface area contributed by atoms with E-state index in [-0.39, 0.29) is 18.8 Å². The van der Waals surface area contributed by atoms with Crippen molar-refractivity contribution in [1.29, 1.82) is 0 Å². The summed E-state index contributed by atoms with van der Waals surface area (Å²) in [7, 11) is 0. The molecule has 3 aromatic rings. The Hall–Kier alpha value is -3.54. The number of halogens is 1. The number of rotatable bonds is 8. The second kappa shape index (κ2) is 9.98. The van der Waals surface area contributed by atoms with Gasteiger partial charge in [0.15, 0.2) is 12.0 Å². The molecular weight excluding hydrogens is 399 g/mol. The lowest BCUT2D eigenvalue weighted by molar-refractivity contribution is -0.149. The second-order valence-corrected chi connectivity index (χ2v) is 7.10. The highest BCUT2D eigenvalue weighted by Gasteiger charge is 2.30. The Morgan fingerprint density at radius 1 is 0.935 bits per heavy atom. The number of benzene rings is 3. The summed E-state index contributed by atoms with van der Waals surface area (Å²) in [6.07, 6.45) is -2.29. The van der Waals surface area contributed by atoms with Crippen molar-refractivity contribution < 1.29 is 28.2 Å². The highest BCUT2D eigenvalue weighted by atomic mass is 19.1. The fourth-order valence-corrected chi connectivity index (χ4v) is 3.41. The minimum atomic E-state index is -1.94. The molecule has 0 spiro atoms. The summed E-state index contributed by atoms with van der Waals surface area (Å²) in [6, 6.07) is 19.2. The molecule has 3 aromatic carbocycles. The molecule has 0 bridgehead atoms. The maximum absolute atomic E-state index is 14.6. The Kier molecular flexibility index (Phi) is 7.13. The van der Waals surface area contributed by atoms with E-state index in [1.54, 1.807) is 31.2 Å². The van der Waals surface area contributed by atoms with Crippen molar-refractivity contribution >= 4 is 28.5 Å². The summed E-state index contributed by atoms with van der Waals surface area (Å²) < 4.78 is 24.4. The average molecular weight is 422 g/mol. The zero-order valence-electron chi connectivity index (χ0n) is 17.3. The first-order valence-electron chi connectivity index (χ1n) is 10.0. The van der Waals surface area contributed by atoms with E-state index in [9.17, 15) is 18.8 Å². The molecule has 0 saturated carbocycles. The molecule has 0 radical (unpaired) electrons. The predicted octanol–water partition coefficient (Wildman–Crippen LogP) is 5.02. The topological polar surface area (TPSA) is 69.7 Å². The molecular formula is C25H23FO5. The molecule has 0 aliphatic carbocycles. The monoisotopic (exact) mass is 422 g/mol. The van der Waals surface area contributed by atoms with Gasteiger partial charge in [-0.1, -0.05) is 48.5 Å². The van der Waals surface area contributed by atoms with Crippen LogP contribution in [0.3, 0.4) is 0 Å². The second-order valence-electron chi connectivity index (χ2n) is 7.10. The summed E-state index contributed by atoms with van der Waals surface area (Å²) in [5.74, 6) is -2.36. The minimum Gasteiger partial charge on any atom is -0.464 e. The number of ketones is 1. The van der Waals surface area contributed by atoms with Gasteiger partial charge in [-0.3, -0.25) is 9.59 Å². The van der Waals surface area contributed by atoms with Gasteiger partial charge in [0.2, 0.25) is 0 Å². The van der Waals surface area contributed by atoms with Crippen LogP contribution in [0, 0.1) is 0 Å². The lowest BCUT2D eigenvalue weighted by atomic mass is 9.86. The first kappa shape index (κ1) is 22.2. The number of hydrogen-bond donors (Lipinski definition) is 0. The molecule has 6 heteroatoms. The van der Waals surface area contributed by atoms with Crippen molar-refractivity contribution in [3.8, 4) is 5.75 Å². The quantitative estimate of drug-likeness (QED) is 0.290. The van der Waals surface area contributed by atoms with Crippen LogP contribution in [0.25, 0.3) is 10.8 Å². The van der Waals surface area contributed by atoms with E-state index in [0.29, 0.717) is 16.9 Å². The third-order valence-corrected chi connectivity index (χ3v) is 4.88. The molecule has 0 aliphatic rings. The molecule has 0 amide bonds. The van der Waals surface area contributed by atoms with Crippen molar-refractivity contribution in [3.63, 3.8) is 0 Å². The van der Waals surface area contributed by atoms with E-state index in [1.165, 1.54) is 19.1 Å². The normalized spacial score (nSPS) is 12.7. The number of carbonyl (C=O) groups excluding carboxylic acids is 3. The summed E-state index contributed by atoms with van der Waals surface area (Å²) in [5.41, 5.74) is 0.935. The summed E-state index contributed by atoms with van der Waals surface area (Å²) >= 11 is 0. The third kappa shape index (κ3) is 5.54. The largest absolute Gasteiger partial charge is 0.464 e. The van der Waals surface area contributed by atoms with Crippen LogP contribution >= 0.6 is 0 Å². The van der Waals surface area contributed by atoms with Gasteiger partial charge in [0.25, 0.3) is 0 Å². The molecule has 0 fully saturated rings. The number of carbonyl (C=O) groups is 3. The van der Waals surface area contributed by atoms with Crippen LogP contribution in [0.15, 0.2) is 66.7 Å². The summed E-state index contributed by atoms with van der Waals surface area (Å²) in [4.78, 5) is 36.4. The van der Waals surface area contributed by atoms with Crippen LogP contribution < -0.4 is 4.74 Å². The molecule has 0 N–H and O–H groups in total. The van der Waals surface area contributed by atoms with Gasteiger partial charge in [-0.15, -0.1) is 0 Å². The van der Waals surface area contributed by atoms with Crippen molar-refractivity contribution in [2.75, 3.05) is 6.61 Å². The standard InChI is InChI=1S/C25H23FO5/c1-3-30-25(29)23(26)15-22(18-10-12-21(13-11-18)31-16(2)27)24(28)20-9-8-17-6-4-5-7-19(17)14-20/h4-14,22-23H,3,15H2,1-2H3/t22?,23-/m0/s1. The fourth-order valence-electron chi connectivity index (χ4n) is 3.41. The Morgan fingerprint density at radius 2 is 1.61 bits per heavy atom. The molecule has 160 valence electrons. The van der Waals surface area contributed by atoms with E-state index < -0.39 is 24.0 Å². The van der Waals surface area contributed by atoms with Crippen molar-refractivity contribution in [2.24, 2.45) is 0 Å². The Morgan fingerprint density at radius 3 is 2.26 bits per heavy atom. The number of alkyl halides is 1. The molecule has 3 rings (SSSR count). The van der Waals surface area contributed by atoms with E-state index in [4.69, 9.17) is 9.47 Å². The van der Waals surface area contributed by atoms with Gasteiger partial charge in [-0.05, 0) is 41.5 Å². The highest BCUT2D eigenvalue weighted by molar-refractivity contribution is 6.04. The summed E-state index contributed by atoms with van der Waals surface area (Å²) in [6.45, 7) is 2.93. The van der Waals surface area contributed by atoms with Crippen molar-refractivity contribution in [1.82, 2.24) is 0 Å². The SMILES string of the molecule is CCOC(=O)[C@@H](F)CC(C(=O)c1ccc2ccccc2c1)c1ccc(OC(C)=O)cc1. The van der Waals surface area contributed by atoms with Crippen LogP contribution in [-0.4, -0.2) is 30.5 Å². The maximum Gasteiger partial charge on any atom is 0.340 e. The van der Waals surface area contributed by atoms with E-state index in [0.717, 1.165) is 10.8 Å². The fraction of sp³-hybridized carbons (Fsp3) is 0.240. The van der Waals surface area contributed by atoms with Crippen LogP contribution in [-0.2, 0) is 14.3 Å². The number of Topliss-reactive ketones (excluding diaryl/α,β-unsaturated/α-hetero) is 1. The minimum absolute atomic E-state index is 0.0552. The van der Waals surface area contributed by atoms with Crippen LogP contribution in [0.4, 0.5) is 4.39 Å². The number of hydrogen-bond acceptors (Lipinski definition) is 5. The lowest BCUT2D eigenvalue weighted by Gasteiger charge is -2.19. The van der Waals surface area contributed by atoms with Gasteiger partial charge < -0.3 is 9.47 Å². The van der Waals surface area contributed by atoms with E-state index in [2.05, 4.69) is 0 Å². The molecule has 0 aromatic heterocycles. The molecule has 2 atom stereocenters. The van der Waals surface area contributed by atoms with Gasteiger partial charge >= 0.3 is 11.9 Å². The Labute approximate surface area is 179 Å². The Balaban J connectivity index is 1.94. The molecule has 5 nitrogen and oxygen atoms in total. The van der Waals surface area contributed by atoms with E-state index >= 15 is 0 Å². The van der Waals surface area contributed by atoms with Gasteiger partial charge in [0.1, 0.15) is 5.75 Å². The first-order chi connectivity index (χ1) is 14.9. The number of esters is 2. The zero-order chi connectivity index (χ0) is 22.4. The molecule has 1 unspecified atom stereocenters. The van der Waals surface area contributed by atoms with Gasteiger partial charge in [0.05, 0.1) is 12.5 Å². The van der Waals surface area contributed by atoms with Crippen molar-refractivity contribution in [2.45, 2.75) is 32.4 Å². The van der Waals surface area contributed by atoms with Gasteiger partial charge in [-0.25, -0.2) is 9.18 Å². The van der Waals surface area contributed by atoms with Crippen LogP contribution in [0.2, 0.25) is 0 Å². The molecule has 31 heavy (non-hydrogen) atoms. The maximum atomic E-state index is 14.6. The Bertz CT molecular complexity index is 1090. The van der Waals surface area contributed by atoms with E-state index in [1.807, 2.05) is 30.3 Å². The highest BCUT2D eigenvalue weighted by Crippen LogP contribution is 2.30. The number of ether oxygens (including phenoxy) is 2. The number of fused-ring (bicyclic) bond motifs is 1.